The number of likely N-dealkylation sites (N-methyl/N-ethyl adjacent to an activating group) is 1. The molecule has 0 bridgehead atoms. The van der Waals surface area contributed by atoms with Gasteiger partial charge in [-0.3, -0.25) is 4.79 Å². The molecule has 2 rings (SSSR count). The van der Waals surface area contributed by atoms with Crippen LogP contribution < -0.4 is 5.32 Å². The third-order valence-electron chi connectivity index (χ3n) is 4.70. The lowest BCUT2D eigenvalue weighted by Gasteiger charge is -2.32. The van der Waals surface area contributed by atoms with Gasteiger partial charge in [0.25, 0.3) is 0 Å². The molecule has 2 amide bonds. The number of hydrogen-bond donors (Lipinski definition) is 1. The van der Waals surface area contributed by atoms with E-state index in [0.29, 0.717) is 13.1 Å². The largest absolute Gasteiger partial charge is 0.459 e. The number of carbonyl (C=O) groups is 3. The second-order valence-corrected chi connectivity index (χ2v) is 8.51. The van der Waals surface area contributed by atoms with Crippen molar-refractivity contribution in [2.45, 2.75) is 51.9 Å². The predicted octanol–water partition coefficient (Wildman–Crippen LogP) is 2.18. The van der Waals surface area contributed by atoms with E-state index >= 15 is 0 Å². The van der Waals surface area contributed by atoms with Crippen molar-refractivity contribution in [1.82, 2.24) is 15.1 Å². The standard InChI is InChI=1S/C22H33N3O5/c1-22(2,3)30-21(28)23-18(20(27)29-16-17-8-6-5-7-9-17)10-11-19(26)25-14-12-24(4)13-15-25/h5-9,18H,10-16H2,1-4H3,(H,23,28)/t18-/m0/s1. The summed E-state index contributed by atoms with van der Waals surface area (Å²) in [7, 11) is 2.02. The zero-order valence-electron chi connectivity index (χ0n) is 18.3. The summed E-state index contributed by atoms with van der Waals surface area (Å²) in [6.45, 7) is 8.30. The van der Waals surface area contributed by atoms with E-state index < -0.39 is 23.7 Å². The van der Waals surface area contributed by atoms with Crippen molar-refractivity contribution in [3.63, 3.8) is 0 Å². The molecule has 1 aliphatic rings. The van der Waals surface area contributed by atoms with Crippen molar-refractivity contribution >= 4 is 18.0 Å². The van der Waals surface area contributed by atoms with Gasteiger partial charge in [-0.2, -0.15) is 0 Å². The number of alkyl carbamates (subject to hydrolysis) is 1. The Labute approximate surface area is 178 Å². The molecular weight excluding hydrogens is 386 g/mol. The first-order valence-electron chi connectivity index (χ1n) is 10.3. The van der Waals surface area contributed by atoms with Crippen LogP contribution in [0.2, 0.25) is 0 Å². The van der Waals surface area contributed by atoms with Crippen molar-refractivity contribution in [2.75, 3.05) is 33.2 Å². The number of amides is 2. The summed E-state index contributed by atoms with van der Waals surface area (Å²) >= 11 is 0. The van der Waals surface area contributed by atoms with Gasteiger partial charge in [0.1, 0.15) is 18.2 Å². The number of rotatable bonds is 7. The van der Waals surface area contributed by atoms with Gasteiger partial charge in [-0.25, -0.2) is 9.59 Å². The summed E-state index contributed by atoms with van der Waals surface area (Å²) in [5.41, 5.74) is 0.147. The average Bonchev–Trinajstić information content (AvgIpc) is 2.69. The molecule has 166 valence electrons. The molecule has 0 saturated carbocycles. The van der Waals surface area contributed by atoms with E-state index in [0.717, 1.165) is 18.7 Å². The number of hydrogen-bond acceptors (Lipinski definition) is 6. The summed E-state index contributed by atoms with van der Waals surface area (Å²) in [6.07, 6.45) is -0.418. The van der Waals surface area contributed by atoms with Gasteiger partial charge in [0.2, 0.25) is 5.91 Å². The Hall–Kier alpha value is -2.61. The van der Waals surface area contributed by atoms with Crippen molar-refractivity contribution in [3.8, 4) is 0 Å². The molecule has 8 heteroatoms. The summed E-state index contributed by atoms with van der Waals surface area (Å²) in [5.74, 6) is -0.620. The summed E-state index contributed by atoms with van der Waals surface area (Å²) in [4.78, 5) is 41.3. The van der Waals surface area contributed by atoms with Gasteiger partial charge >= 0.3 is 12.1 Å². The summed E-state index contributed by atoms with van der Waals surface area (Å²) < 4.78 is 10.6. The second-order valence-electron chi connectivity index (χ2n) is 8.51. The van der Waals surface area contributed by atoms with Crippen LogP contribution in [0.25, 0.3) is 0 Å². The third kappa shape index (κ3) is 8.41. The molecule has 1 aliphatic heterocycles. The van der Waals surface area contributed by atoms with Crippen LogP contribution in [0.3, 0.4) is 0 Å². The number of nitrogens with zero attached hydrogens (tertiary/aromatic N) is 2. The molecule has 1 N–H and O–H groups in total. The fourth-order valence-corrected chi connectivity index (χ4v) is 3.01. The van der Waals surface area contributed by atoms with Gasteiger partial charge in [-0.05, 0) is 39.8 Å². The lowest BCUT2D eigenvalue weighted by Crippen LogP contribution is -2.48. The van der Waals surface area contributed by atoms with Crippen molar-refractivity contribution in [1.29, 1.82) is 0 Å². The number of benzene rings is 1. The van der Waals surface area contributed by atoms with Crippen LogP contribution in [0.1, 0.15) is 39.2 Å². The van der Waals surface area contributed by atoms with Crippen molar-refractivity contribution in [2.24, 2.45) is 0 Å². The Morgan fingerprint density at radius 2 is 1.70 bits per heavy atom. The maximum atomic E-state index is 12.6. The van der Waals surface area contributed by atoms with Crippen molar-refractivity contribution in [3.05, 3.63) is 35.9 Å². The molecule has 8 nitrogen and oxygen atoms in total. The maximum absolute atomic E-state index is 12.6. The molecule has 30 heavy (non-hydrogen) atoms. The topological polar surface area (TPSA) is 88.2 Å². The molecule has 0 aliphatic carbocycles. The molecule has 0 aromatic heterocycles. The second kappa shape index (κ2) is 11.0. The Balaban J connectivity index is 1.94. The van der Waals surface area contributed by atoms with Gasteiger partial charge in [-0.1, -0.05) is 30.3 Å². The molecule has 1 saturated heterocycles. The molecule has 1 aromatic rings. The lowest BCUT2D eigenvalue weighted by atomic mass is 10.1. The fourth-order valence-electron chi connectivity index (χ4n) is 3.01. The van der Waals surface area contributed by atoms with Gasteiger partial charge in [0.05, 0.1) is 0 Å². The van der Waals surface area contributed by atoms with Gasteiger partial charge in [0.15, 0.2) is 0 Å². The summed E-state index contributed by atoms with van der Waals surface area (Å²) in [5, 5.41) is 2.56. The highest BCUT2D eigenvalue weighted by molar-refractivity contribution is 5.83. The first-order chi connectivity index (χ1) is 14.1. The zero-order chi connectivity index (χ0) is 22.1. The van der Waals surface area contributed by atoms with Crippen LogP contribution in [0, 0.1) is 0 Å². The van der Waals surface area contributed by atoms with E-state index in [-0.39, 0.29) is 25.4 Å². The van der Waals surface area contributed by atoms with Crippen LogP contribution in [0.5, 0.6) is 0 Å². The molecule has 1 heterocycles. The average molecular weight is 420 g/mol. The van der Waals surface area contributed by atoms with Crippen LogP contribution in [-0.2, 0) is 25.7 Å². The Kier molecular flexibility index (Phi) is 8.65. The normalized spacial score (nSPS) is 15.9. The minimum atomic E-state index is -0.958. The Morgan fingerprint density at radius 1 is 1.07 bits per heavy atom. The monoisotopic (exact) mass is 419 g/mol. The predicted molar refractivity (Wildman–Crippen MR) is 113 cm³/mol. The van der Waals surface area contributed by atoms with Crippen LogP contribution in [0.15, 0.2) is 30.3 Å². The molecule has 0 spiro atoms. The third-order valence-corrected chi connectivity index (χ3v) is 4.70. The smallest absolute Gasteiger partial charge is 0.408 e. The SMILES string of the molecule is CN1CCN(C(=O)CC[C@H](NC(=O)OC(C)(C)C)C(=O)OCc2ccccc2)CC1. The number of piperazine rings is 1. The van der Waals surface area contributed by atoms with E-state index in [9.17, 15) is 14.4 Å². The molecule has 0 unspecified atom stereocenters. The number of ether oxygens (including phenoxy) is 2. The quantitative estimate of drug-likeness (QED) is 0.682. The first-order valence-corrected chi connectivity index (χ1v) is 10.3. The zero-order valence-corrected chi connectivity index (χ0v) is 18.3. The highest BCUT2D eigenvalue weighted by atomic mass is 16.6. The van der Waals surface area contributed by atoms with E-state index in [1.165, 1.54) is 0 Å². The molecule has 0 radical (unpaired) electrons. The Morgan fingerprint density at radius 3 is 2.30 bits per heavy atom. The maximum Gasteiger partial charge on any atom is 0.408 e. The minimum Gasteiger partial charge on any atom is -0.459 e. The van der Waals surface area contributed by atoms with Gasteiger partial charge in [-0.15, -0.1) is 0 Å². The van der Waals surface area contributed by atoms with Crippen LogP contribution in [0.4, 0.5) is 4.79 Å². The number of carbonyl (C=O) groups excluding carboxylic acids is 3. The number of esters is 1. The van der Waals surface area contributed by atoms with Gasteiger partial charge < -0.3 is 24.6 Å². The molecule has 1 atom stereocenters. The van der Waals surface area contributed by atoms with Crippen LogP contribution >= 0.6 is 0 Å². The van der Waals surface area contributed by atoms with E-state index in [1.54, 1.807) is 25.7 Å². The molecule has 1 aromatic carbocycles. The van der Waals surface area contributed by atoms with E-state index in [2.05, 4.69) is 10.2 Å². The number of nitrogens with one attached hydrogen (secondary N) is 1. The fraction of sp³-hybridized carbons (Fsp3) is 0.591. The summed E-state index contributed by atoms with van der Waals surface area (Å²) in [6, 6.07) is 8.33. The highest BCUT2D eigenvalue weighted by Gasteiger charge is 2.27. The first kappa shape index (κ1) is 23.7. The highest BCUT2D eigenvalue weighted by Crippen LogP contribution is 2.11. The van der Waals surface area contributed by atoms with Gasteiger partial charge in [0, 0.05) is 32.6 Å². The lowest BCUT2D eigenvalue weighted by molar-refractivity contribution is -0.148. The molecular formula is C22H33N3O5. The van der Waals surface area contributed by atoms with Crippen LogP contribution in [-0.4, -0.2) is 72.6 Å². The minimum absolute atomic E-state index is 0.0325. The van der Waals surface area contributed by atoms with Crippen molar-refractivity contribution < 1.29 is 23.9 Å². The van der Waals surface area contributed by atoms with E-state index in [4.69, 9.17) is 9.47 Å². The molecule has 1 fully saturated rings. The van der Waals surface area contributed by atoms with E-state index in [1.807, 2.05) is 37.4 Å². The Bertz CT molecular complexity index is 709.